The van der Waals surface area contributed by atoms with E-state index in [1.54, 1.807) is 16.8 Å². The van der Waals surface area contributed by atoms with Crippen LogP contribution in [0.15, 0.2) is 35.3 Å². The van der Waals surface area contributed by atoms with Crippen molar-refractivity contribution in [3.8, 4) is 5.75 Å². The summed E-state index contributed by atoms with van der Waals surface area (Å²) in [4.78, 5) is 24.3. The van der Waals surface area contributed by atoms with Crippen LogP contribution in [0.1, 0.15) is 58.9 Å². The highest BCUT2D eigenvalue weighted by Gasteiger charge is 2.27. The van der Waals surface area contributed by atoms with Gasteiger partial charge in [-0.2, -0.15) is 4.98 Å². The topological polar surface area (TPSA) is 81.5 Å². The molecular weight excluding hydrogens is 478 g/mol. The van der Waals surface area contributed by atoms with E-state index in [4.69, 9.17) is 26.1 Å². The number of pyridine rings is 1. The van der Waals surface area contributed by atoms with Gasteiger partial charge in [0.15, 0.2) is 11.6 Å². The molecule has 1 aliphatic carbocycles. The van der Waals surface area contributed by atoms with E-state index < -0.39 is 0 Å². The molecule has 1 N–H and O–H groups in total. The normalized spacial score (nSPS) is 17.0. The van der Waals surface area contributed by atoms with Crippen LogP contribution in [0.25, 0.3) is 10.9 Å². The first-order chi connectivity index (χ1) is 17.4. The molecule has 2 fully saturated rings. The Bertz CT molecular complexity index is 1280. The Labute approximate surface area is 216 Å². The zero-order chi connectivity index (χ0) is 25.2. The minimum absolute atomic E-state index is 0.00124. The van der Waals surface area contributed by atoms with Gasteiger partial charge in [-0.15, -0.1) is 0 Å². The zero-order valence-electron chi connectivity index (χ0n) is 21.2. The van der Waals surface area contributed by atoms with Gasteiger partial charge in [0, 0.05) is 30.2 Å². The fourth-order valence-corrected chi connectivity index (χ4v) is 5.01. The molecule has 0 amide bonds. The summed E-state index contributed by atoms with van der Waals surface area (Å²) in [5.41, 5.74) is 1.55. The molecular formula is C27H34ClN5O3. The fourth-order valence-electron chi connectivity index (χ4n) is 4.88. The highest BCUT2D eigenvalue weighted by atomic mass is 35.5. The number of hydrogen-bond acceptors (Lipinski definition) is 7. The molecule has 3 heterocycles. The Morgan fingerprint density at radius 1 is 1.14 bits per heavy atom. The highest BCUT2D eigenvalue weighted by Crippen LogP contribution is 2.30. The number of nitrogens with zero attached hydrogens (tertiary/aromatic N) is 4. The number of halogens is 1. The number of anilines is 3. The number of ether oxygens (including phenoxy) is 2. The molecule has 0 unspecified atom stereocenters. The van der Waals surface area contributed by atoms with Gasteiger partial charge in [-0.25, -0.2) is 4.98 Å². The molecule has 1 saturated heterocycles. The number of nitrogens with one attached hydrogen (secondary N) is 1. The first kappa shape index (κ1) is 24.8. The first-order valence-corrected chi connectivity index (χ1v) is 13.3. The summed E-state index contributed by atoms with van der Waals surface area (Å²) in [5.74, 6) is 1.57. The molecule has 0 radical (unpaired) electrons. The lowest BCUT2D eigenvalue weighted by Crippen LogP contribution is -2.40. The van der Waals surface area contributed by atoms with E-state index in [0.29, 0.717) is 41.4 Å². The summed E-state index contributed by atoms with van der Waals surface area (Å²) in [7, 11) is 0. The lowest BCUT2D eigenvalue weighted by Gasteiger charge is -2.36. The monoisotopic (exact) mass is 511 g/mol. The molecule has 0 atom stereocenters. The molecule has 2 aliphatic rings. The van der Waals surface area contributed by atoms with Crippen LogP contribution in [0.4, 0.5) is 17.5 Å². The van der Waals surface area contributed by atoms with Crippen molar-refractivity contribution in [2.24, 2.45) is 0 Å². The number of aromatic nitrogens is 3. The van der Waals surface area contributed by atoms with E-state index >= 15 is 0 Å². The van der Waals surface area contributed by atoms with E-state index in [1.807, 2.05) is 39.0 Å². The van der Waals surface area contributed by atoms with Crippen molar-refractivity contribution in [2.75, 3.05) is 29.9 Å². The molecule has 5 rings (SSSR count). The van der Waals surface area contributed by atoms with E-state index in [0.717, 1.165) is 42.5 Å². The highest BCUT2D eigenvalue weighted by molar-refractivity contribution is 6.32. The van der Waals surface area contributed by atoms with Crippen molar-refractivity contribution < 1.29 is 9.47 Å². The summed E-state index contributed by atoms with van der Waals surface area (Å²) in [5, 5.41) is 4.69. The van der Waals surface area contributed by atoms with Crippen molar-refractivity contribution in [3.05, 3.63) is 45.8 Å². The van der Waals surface area contributed by atoms with Crippen LogP contribution in [0.3, 0.4) is 0 Å². The number of hydrogen-bond donors (Lipinski definition) is 1. The lowest BCUT2D eigenvalue weighted by molar-refractivity contribution is -0.0596. The van der Waals surface area contributed by atoms with Crippen LogP contribution >= 0.6 is 11.6 Å². The van der Waals surface area contributed by atoms with Crippen molar-refractivity contribution >= 4 is 40.0 Å². The Hall–Kier alpha value is -2.84. The third-order valence-electron chi connectivity index (χ3n) is 6.98. The Kier molecular flexibility index (Phi) is 7.34. The molecule has 1 saturated carbocycles. The molecule has 8 nitrogen and oxygen atoms in total. The van der Waals surface area contributed by atoms with Crippen LogP contribution in [-0.2, 0) is 4.74 Å². The van der Waals surface area contributed by atoms with Crippen molar-refractivity contribution in [2.45, 2.75) is 71.1 Å². The summed E-state index contributed by atoms with van der Waals surface area (Å²) in [6.45, 7) is 8.02. The van der Waals surface area contributed by atoms with Crippen LogP contribution in [0.2, 0.25) is 5.02 Å². The molecule has 36 heavy (non-hydrogen) atoms. The van der Waals surface area contributed by atoms with Gasteiger partial charge in [0.25, 0.3) is 5.56 Å². The van der Waals surface area contributed by atoms with Gasteiger partial charge in [-0.3, -0.25) is 4.79 Å². The third kappa shape index (κ3) is 5.15. The lowest BCUT2D eigenvalue weighted by atomic mass is 9.95. The first-order valence-electron chi connectivity index (χ1n) is 12.9. The second-order valence-electron chi connectivity index (χ2n) is 9.85. The largest absolute Gasteiger partial charge is 0.488 e. The zero-order valence-corrected chi connectivity index (χ0v) is 21.9. The molecule has 3 aromatic rings. The summed E-state index contributed by atoms with van der Waals surface area (Å²) < 4.78 is 13.6. The standard InChI is InChI=1S/C27H34ClN5O3/c1-4-35-24-15-18-14-19(8-9-23(18)33(17(2)3)26(24)34)30-25-22(28)16-29-27(31-25)32-12-10-21(11-13-32)36-20-6-5-7-20/h8-9,14-17,20-21H,4-7,10-13H2,1-3H3,(H,29,30,31). The number of rotatable bonds is 8. The molecule has 192 valence electrons. The summed E-state index contributed by atoms with van der Waals surface area (Å²) >= 11 is 6.47. The van der Waals surface area contributed by atoms with Gasteiger partial charge in [0.1, 0.15) is 5.02 Å². The van der Waals surface area contributed by atoms with Gasteiger partial charge in [-0.05, 0) is 77.1 Å². The van der Waals surface area contributed by atoms with E-state index in [-0.39, 0.29) is 11.6 Å². The fraction of sp³-hybridized carbons (Fsp3) is 0.519. The Morgan fingerprint density at radius 3 is 2.56 bits per heavy atom. The maximum Gasteiger partial charge on any atom is 0.293 e. The van der Waals surface area contributed by atoms with E-state index in [2.05, 4.69) is 15.2 Å². The van der Waals surface area contributed by atoms with Crippen LogP contribution in [-0.4, -0.2) is 46.4 Å². The predicted molar refractivity (Wildman–Crippen MR) is 144 cm³/mol. The predicted octanol–water partition coefficient (Wildman–Crippen LogP) is 5.71. The van der Waals surface area contributed by atoms with Crippen molar-refractivity contribution in [3.63, 3.8) is 0 Å². The minimum atomic E-state index is -0.120. The number of benzene rings is 1. The smallest absolute Gasteiger partial charge is 0.293 e. The molecule has 0 spiro atoms. The van der Waals surface area contributed by atoms with Gasteiger partial charge >= 0.3 is 0 Å². The average Bonchev–Trinajstić information content (AvgIpc) is 2.84. The van der Waals surface area contributed by atoms with E-state index in [1.165, 1.54) is 19.3 Å². The van der Waals surface area contributed by atoms with Crippen LogP contribution in [0.5, 0.6) is 5.75 Å². The molecule has 1 aliphatic heterocycles. The van der Waals surface area contributed by atoms with Gasteiger partial charge in [-0.1, -0.05) is 11.6 Å². The van der Waals surface area contributed by atoms with Crippen LogP contribution in [0, 0.1) is 0 Å². The molecule has 1 aromatic carbocycles. The Morgan fingerprint density at radius 2 is 1.89 bits per heavy atom. The number of piperidine rings is 1. The maximum atomic E-state index is 12.9. The van der Waals surface area contributed by atoms with Crippen molar-refractivity contribution in [1.29, 1.82) is 0 Å². The maximum absolute atomic E-state index is 12.9. The third-order valence-corrected chi connectivity index (χ3v) is 7.25. The summed E-state index contributed by atoms with van der Waals surface area (Å²) in [6.07, 6.45) is 8.10. The molecule has 9 heteroatoms. The second-order valence-corrected chi connectivity index (χ2v) is 10.3. The Balaban J connectivity index is 1.36. The summed E-state index contributed by atoms with van der Waals surface area (Å²) in [6, 6.07) is 7.66. The van der Waals surface area contributed by atoms with Gasteiger partial charge in [0.2, 0.25) is 5.95 Å². The molecule has 0 bridgehead atoms. The van der Waals surface area contributed by atoms with Crippen molar-refractivity contribution in [1.82, 2.24) is 14.5 Å². The SMILES string of the molecule is CCOc1cc2cc(Nc3nc(N4CCC(OC5CCC5)CC4)ncc3Cl)ccc2n(C(C)C)c1=O. The van der Waals surface area contributed by atoms with E-state index in [9.17, 15) is 4.79 Å². The minimum Gasteiger partial charge on any atom is -0.488 e. The van der Waals surface area contributed by atoms with Crippen LogP contribution < -0.4 is 20.5 Å². The molecule has 2 aromatic heterocycles. The quantitative estimate of drug-likeness (QED) is 0.415. The number of fused-ring (bicyclic) bond motifs is 1. The van der Waals surface area contributed by atoms with Gasteiger partial charge in [0.05, 0.1) is 30.5 Å². The second kappa shape index (κ2) is 10.6. The van der Waals surface area contributed by atoms with Gasteiger partial charge < -0.3 is 24.3 Å². The average molecular weight is 512 g/mol.